The summed E-state index contributed by atoms with van der Waals surface area (Å²) in [7, 11) is 0. The number of hydrogen-bond donors (Lipinski definition) is 3. The number of aryl methyl sites for hydroxylation is 1. The third-order valence-electron chi connectivity index (χ3n) is 3.61. The molecule has 6 heteroatoms. The van der Waals surface area contributed by atoms with E-state index in [0.717, 1.165) is 31.6 Å². The Hall–Kier alpha value is -1.66. The predicted molar refractivity (Wildman–Crippen MR) is 76.1 cm³/mol. The molecule has 0 atom stereocenters. The summed E-state index contributed by atoms with van der Waals surface area (Å²) in [6.45, 7) is 4.55. The van der Waals surface area contributed by atoms with Crippen molar-refractivity contribution in [2.45, 2.75) is 32.4 Å². The highest BCUT2D eigenvalue weighted by Gasteiger charge is 2.20. The lowest BCUT2D eigenvalue weighted by molar-refractivity contribution is -0.119. The Morgan fingerprint density at radius 2 is 2.20 bits per heavy atom. The van der Waals surface area contributed by atoms with Gasteiger partial charge >= 0.3 is 0 Å². The maximum atomic E-state index is 10.9. The number of nitrogens with two attached hydrogens (primary N) is 1. The van der Waals surface area contributed by atoms with Crippen LogP contribution < -0.4 is 11.1 Å². The molecule has 2 heterocycles. The number of likely N-dealkylation sites (tertiary alicyclic amines) is 1. The number of rotatable bonds is 5. The van der Waals surface area contributed by atoms with Gasteiger partial charge in [0.1, 0.15) is 5.75 Å². The lowest BCUT2D eigenvalue weighted by atomic mass is 10.0. The minimum atomic E-state index is -0.273. The molecule has 1 aromatic heterocycles. The van der Waals surface area contributed by atoms with Crippen molar-refractivity contribution in [2.75, 3.05) is 19.6 Å². The van der Waals surface area contributed by atoms with Gasteiger partial charge < -0.3 is 16.2 Å². The van der Waals surface area contributed by atoms with E-state index in [9.17, 15) is 9.90 Å². The van der Waals surface area contributed by atoms with Crippen LogP contribution in [0.2, 0.25) is 0 Å². The van der Waals surface area contributed by atoms with Gasteiger partial charge in [0.05, 0.1) is 12.2 Å². The molecule has 1 aromatic rings. The van der Waals surface area contributed by atoms with Crippen LogP contribution in [0.15, 0.2) is 12.1 Å². The third-order valence-corrected chi connectivity index (χ3v) is 3.61. The maximum Gasteiger partial charge on any atom is 0.231 e. The Bertz CT molecular complexity index is 470. The van der Waals surface area contributed by atoms with E-state index in [-0.39, 0.29) is 11.7 Å². The quantitative estimate of drug-likeness (QED) is 0.712. The largest absolute Gasteiger partial charge is 0.506 e. The zero-order valence-corrected chi connectivity index (χ0v) is 11.8. The zero-order chi connectivity index (χ0) is 14.5. The fraction of sp³-hybridized carbons (Fsp3) is 0.571. The number of carbonyl (C=O) groups excluding carboxylic acids is 1. The molecule has 0 aliphatic carbocycles. The summed E-state index contributed by atoms with van der Waals surface area (Å²) in [5.41, 5.74) is 6.77. The Morgan fingerprint density at radius 3 is 2.85 bits per heavy atom. The number of carbonyl (C=O) groups is 1. The van der Waals surface area contributed by atoms with E-state index in [1.165, 1.54) is 0 Å². The number of pyridine rings is 1. The number of hydrogen-bond acceptors (Lipinski definition) is 5. The van der Waals surface area contributed by atoms with Crippen LogP contribution in [0.5, 0.6) is 5.75 Å². The van der Waals surface area contributed by atoms with Crippen molar-refractivity contribution in [1.82, 2.24) is 15.2 Å². The molecule has 0 aromatic carbocycles. The highest BCUT2D eigenvalue weighted by Crippen LogP contribution is 2.16. The second-order valence-corrected chi connectivity index (χ2v) is 5.32. The van der Waals surface area contributed by atoms with Gasteiger partial charge in [0.15, 0.2) is 0 Å². The smallest absolute Gasteiger partial charge is 0.231 e. The predicted octanol–water partition coefficient (Wildman–Crippen LogP) is 0.135. The molecule has 1 aliphatic heterocycles. The minimum Gasteiger partial charge on any atom is -0.506 e. The fourth-order valence-electron chi connectivity index (χ4n) is 2.49. The van der Waals surface area contributed by atoms with Crippen LogP contribution >= 0.6 is 0 Å². The van der Waals surface area contributed by atoms with E-state index < -0.39 is 0 Å². The van der Waals surface area contributed by atoms with Gasteiger partial charge in [-0.1, -0.05) is 0 Å². The van der Waals surface area contributed by atoms with Gasteiger partial charge in [-0.15, -0.1) is 0 Å². The molecule has 0 unspecified atom stereocenters. The van der Waals surface area contributed by atoms with Crippen molar-refractivity contribution in [3.8, 4) is 5.75 Å². The summed E-state index contributed by atoms with van der Waals surface area (Å²) in [5.74, 6) is -0.0421. The van der Waals surface area contributed by atoms with Gasteiger partial charge in [0, 0.05) is 31.4 Å². The second-order valence-electron chi connectivity index (χ2n) is 5.32. The molecule has 4 N–H and O–H groups in total. The average Bonchev–Trinajstić information content (AvgIpc) is 2.41. The maximum absolute atomic E-state index is 10.9. The van der Waals surface area contributed by atoms with E-state index in [4.69, 9.17) is 5.73 Å². The third kappa shape index (κ3) is 4.18. The molecule has 0 saturated carbocycles. The number of nitrogens with zero attached hydrogens (tertiary/aromatic N) is 2. The Labute approximate surface area is 119 Å². The molecule has 0 spiro atoms. The number of aromatic nitrogens is 1. The Morgan fingerprint density at radius 1 is 1.50 bits per heavy atom. The Kier molecular flexibility index (Phi) is 4.92. The highest BCUT2D eigenvalue weighted by molar-refractivity contribution is 5.75. The number of amides is 1. The number of primary amides is 1. The summed E-state index contributed by atoms with van der Waals surface area (Å²) in [6.07, 6.45) is 1.94. The molecule has 0 bridgehead atoms. The minimum absolute atomic E-state index is 0.231. The number of piperidine rings is 1. The van der Waals surface area contributed by atoms with Crippen LogP contribution in [-0.2, 0) is 11.3 Å². The zero-order valence-electron chi connectivity index (χ0n) is 11.8. The lowest BCUT2D eigenvalue weighted by Gasteiger charge is -2.31. The number of nitrogens with one attached hydrogen (secondary N) is 1. The van der Waals surface area contributed by atoms with Crippen LogP contribution in [-0.4, -0.2) is 46.6 Å². The van der Waals surface area contributed by atoms with Crippen molar-refractivity contribution in [1.29, 1.82) is 0 Å². The molecule has 1 amide bonds. The van der Waals surface area contributed by atoms with Crippen LogP contribution in [0.1, 0.15) is 24.2 Å². The van der Waals surface area contributed by atoms with Gasteiger partial charge in [-0.05, 0) is 31.9 Å². The standard InChI is InChI=1S/C14H22N4O2/c1-10-2-3-13(19)12(17-10)8-16-11-4-6-18(7-5-11)9-14(15)20/h2-3,11,16,19H,4-9H2,1H3,(H2,15,20). The van der Waals surface area contributed by atoms with Gasteiger partial charge in [0.2, 0.25) is 5.91 Å². The second kappa shape index (κ2) is 6.67. The van der Waals surface area contributed by atoms with E-state index in [1.54, 1.807) is 12.1 Å². The molecule has 6 nitrogen and oxygen atoms in total. The summed E-state index contributed by atoms with van der Waals surface area (Å²) in [6, 6.07) is 3.86. The summed E-state index contributed by atoms with van der Waals surface area (Å²) >= 11 is 0. The van der Waals surface area contributed by atoms with Crippen molar-refractivity contribution < 1.29 is 9.90 Å². The molecule has 1 fully saturated rings. The monoisotopic (exact) mass is 278 g/mol. The van der Waals surface area contributed by atoms with E-state index >= 15 is 0 Å². The normalized spacial score (nSPS) is 17.2. The molecule has 0 radical (unpaired) electrons. The Balaban J connectivity index is 1.78. The molecular formula is C14H22N4O2. The molecular weight excluding hydrogens is 256 g/mol. The van der Waals surface area contributed by atoms with E-state index in [1.807, 2.05) is 6.92 Å². The van der Waals surface area contributed by atoms with Crippen molar-refractivity contribution >= 4 is 5.91 Å². The average molecular weight is 278 g/mol. The first-order valence-electron chi connectivity index (χ1n) is 6.94. The van der Waals surface area contributed by atoms with Crippen LogP contribution in [0.25, 0.3) is 0 Å². The van der Waals surface area contributed by atoms with Crippen molar-refractivity contribution in [2.24, 2.45) is 5.73 Å². The molecule has 20 heavy (non-hydrogen) atoms. The first-order chi connectivity index (χ1) is 9.54. The summed E-state index contributed by atoms with van der Waals surface area (Å²) in [5, 5.41) is 13.2. The first-order valence-corrected chi connectivity index (χ1v) is 6.94. The molecule has 2 rings (SSSR count). The van der Waals surface area contributed by atoms with Gasteiger partial charge in [-0.2, -0.15) is 0 Å². The fourth-order valence-corrected chi connectivity index (χ4v) is 2.49. The van der Waals surface area contributed by atoms with E-state index in [0.29, 0.717) is 24.8 Å². The van der Waals surface area contributed by atoms with Gasteiger partial charge in [-0.25, -0.2) is 0 Å². The van der Waals surface area contributed by atoms with Crippen molar-refractivity contribution in [3.05, 3.63) is 23.5 Å². The lowest BCUT2D eigenvalue weighted by Crippen LogP contribution is -2.45. The summed E-state index contributed by atoms with van der Waals surface area (Å²) < 4.78 is 0. The first kappa shape index (κ1) is 14.7. The van der Waals surface area contributed by atoms with Crippen LogP contribution in [0.4, 0.5) is 0 Å². The van der Waals surface area contributed by atoms with E-state index in [2.05, 4.69) is 15.2 Å². The molecule has 1 saturated heterocycles. The van der Waals surface area contributed by atoms with Crippen molar-refractivity contribution in [3.63, 3.8) is 0 Å². The molecule has 1 aliphatic rings. The number of aromatic hydroxyl groups is 1. The van der Waals surface area contributed by atoms with Gasteiger partial charge in [0.25, 0.3) is 0 Å². The highest BCUT2D eigenvalue weighted by atomic mass is 16.3. The summed E-state index contributed by atoms with van der Waals surface area (Å²) in [4.78, 5) is 17.3. The SMILES string of the molecule is Cc1ccc(O)c(CNC2CCN(CC(N)=O)CC2)n1. The topological polar surface area (TPSA) is 91.5 Å². The van der Waals surface area contributed by atoms with Crippen LogP contribution in [0, 0.1) is 6.92 Å². The molecule has 110 valence electrons. The van der Waals surface area contributed by atoms with Gasteiger partial charge in [-0.3, -0.25) is 14.7 Å². The van der Waals surface area contributed by atoms with Crippen LogP contribution in [0.3, 0.4) is 0 Å².